The van der Waals surface area contributed by atoms with Crippen LogP contribution in [0.4, 0.5) is 19.0 Å². The van der Waals surface area contributed by atoms with Crippen molar-refractivity contribution in [1.29, 1.82) is 0 Å². The molecule has 0 radical (unpaired) electrons. The Labute approximate surface area is 154 Å². The lowest BCUT2D eigenvalue weighted by Gasteiger charge is -2.18. The minimum Gasteiger partial charge on any atom is -0.363 e. The van der Waals surface area contributed by atoms with Crippen LogP contribution in [0, 0.1) is 12.7 Å². The standard InChI is InChI=1S/C20H19F3N4/c1-10(14-4-3-5-15(17(14)21)18(22)23)25-20-16-8-13(12-6-7-12)9-24-19(16)26-11(2)27-20/h3-5,8-10,12,18H,6-7H2,1-2H3,(H,24,25,26,27)/t10-/m1/s1. The van der Waals surface area contributed by atoms with E-state index in [1.807, 2.05) is 12.3 Å². The predicted molar refractivity (Wildman–Crippen MR) is 97.4 cm³/mol. The molecule has 0 spiro atoms. The molecule has 0 saturated heterocycles. The summed E-state index contributed by atoms with van der Waals surface area (Å²) in [5.74, 6) is 0.695. The maximum absolute atomic E-state index is 14.5. The third-order valence-corrected chi connectivity index (χ3v) is 4.85. The highest BCUT2D eigenvalue weighted by Crippen LogP contribution is 2.41. The van der Waals surface area contributed by atoms with Crippen molar-refractivity contribution in [2.45, 2.75) is 45.1 Å². The summed E-state index contributed by atoms with van der Waals surface area (Å²) in [6.07, 6.45) is 1.27. The molecule has 140 valence electrons. The number of alkyl halides is 2. The molecule has 0 amide bonds. The predicted octanol–water partition coefficient (Wildman–Crippen LogP) is 5.46. The molecular weight excluding hydrogens is 353 g/mol. The molecular formula is C20H19F3N4. The Morgan fingerprint density at radius 2 is 1.89 bits per heavy atom. The summed E-state index contributed by atoms with van der Waals surface area (Å²) >= 11 is 0. The second-order valence-electron chi connectivity index (χ2n) is 6.95. The maximum atomic E-state index is 14.5. The Balaban J connectivity index is 1.72. The van der Waals surface area contributed by atoms with E-state index < -0.39 is 23.8 Å². The summed E-state index contributed by atoms with van der Waals surface area (Å²) in [5.41, 5.74) is 1.27. The number of benzene rings is 1. The van der Waals surface area contributed by atoms with E-state index in [-0.39, 0.29) is 5.56 Å². The lowest BCUT2D eigenvalue weighted by Crippen LogP contribution is -2.12. The van der Waals surface area contributed by atoms with Crippen molar-refractivity contribution >= 4 is 16.9 Å². The first-order valence-electron chi connectivity index (χ1n) is 8.91. The van der Waals surface area contributed by atoms with Crippen molar-refractivity contribution in [3.8, 4) is 0 Å². The van der Waals surface area contributed by atoms with Crippen molar-refractivity contribution in [3.05, 3.63) is 58.8 Å². The zero-order valence-corrected chi connectivity index (χ0v) is 15.0. The van der Waals surface area contributed by atoms with Crippen LogP contribution in [0.2, 0.25) is 0 Å². The second-order valence-corrected chi connectivity index (χ2v) is 6.95. The van der Waals surface area contributed by atoms with Crippen LogP contribution in [0.25, 0.3) is 11.0 Å². The molecule has 0 aliphatic heterocycles. The number of aryl methyl sites for hydroxylation is 1. The summed E-state index contributed by atoms with van der Waals surface area (Å²) in [5, 5.41) is 3.91. The van der Waals surface area contributed by atoms with Gasteiger partial charge in [-0.1, -0.05) is 18.2 Å². The fraction of sp³-hybridized carbons (Fsp3) is 0.350. The molecule has 1 saturated carbocycles. The Morgan fingerprint density at radius 3 is 2.59 bits per heavy atom. The summed E-state index contributed by atoms with van der Waals surface area (Å²) in [4.78, 5) is 13.2. The molecule has 7 heteroatoms. The van der Waals surface area contributed by atoms with Gasteiger partial charge in [-0.3, -0.25) is 0 Å². The van der Waals surface area contributed by atoms with Gasteiger partial charge in [0.25, 0.3) is 6.43 Å². The molecule has 1 fully saturated rings. The van der Waals surface area contributed by atoms with Gasteiger partial charge in [0.2, 0.25) is 0 Å². The highest BCUT2D eigenvalue weighted by Gasteiger charge is 2.25. The number of halogens is 3. The summed E-state index contributed by atoms with van der Waals surface area (Å²) < 4.78 is 40.5. The van der Waals surface area contributed by atoms with Crippen molar-refractivity contribution in [3.63, 3.8) is 0 Å². The average Bonchev–Trinajstić information content (AvgIpc) is 3.46. The molecule has 1 aromatic carbocycles. The Hall–Kier alpha value is -2.70. The molecule has 4 rings (SSSR count). The van der Waals surface area contributed by atoms with Gasteiger partial charge in [-0.15, -0.1) is 0 Å². The van der Waals surface area contributed by atoms with Gasteiger partial charge < -0.3 is 5.32 Å². The fourth-order valence-electron chi connectivity index (χ4n) is 3.24. The molecule has 3 aromatic rings. The van der Waals surface area contributed by atoms with Gasteiger partial charge in [-0.25, -0.2) is 28.1 Å². The molecule has 2 heterocycles. The first-order chi connectivity index (χ1) is 12.9. The summed E-state index contributed by atoms with van der Waals surface area (Å²) in [6.45, 7) is 3.47. The van der Waals surface area contributed by atoms with Crippen LogP contribution in [-0.4, -0.2) is 15.0 Å². The Bertz CT molecular complexity index is 1000. The van der Waals surface area contributed by atoms with E-state index in [4.69, 9.17) is 0 Å². The number of hydrogen-bond donors (Lipinski definition) is 1. The monoisotopic (exact) mass is 372 g/mol. The number of nitrogens with one attached hydrogen (secondary N) is 1. The Kier molecular flexibility index (Phi) is 4.45. The number of fused-ring (bicyclic) bond motifs is 1. The quantitative estimate of drug-likeness (QED) is 0.646. The van der Waals surface area contributed by atoms with E-state index in [1.54, 1.807) is 13.8 Å². The molecule has 1 N–H and O–H groups in total. The number of hydrogen-bond acceptors (Lipinski definition) is 4. The molecule has 1 aliphatic rings. The van der Waals surface area contributed by atoms with E-state index in [9.17, 15) is 13.2 Å². The highest BCUT2D eigenvalue weighted by atomic mass is 19.3. The average molecular weight is 372 g/mol. The third kappa shape index (κ3) is 3.46. The first-order valence-corrected chi connectivity index (χ1v) is 8.91. The zero-order chi connectivity index (χ0) is 19.1. The van der Waals surface area contributed by atoms with Crippen LogP contribution >= 0.6 is 0 Å². The van der Waals surface area contributed by atoms with E-state index in [0.717, 1.165) is 29.9 Å². The minimum atomic E-state index is -2.86. The third-order valence-electron chi connectivity index (χ3n) is 4.85. The number of nitrogens with zero attached hydrogens (tertiary/aromatic N) is 3. The van der Waals surface area contributed by atoms with Crippen LogP contribution in [0.5, 0.6) is 0 Å². The van der Waals surface area contributed by atoms with Crippen LogP contribution in [0.1, 0.15) is 60.7 Å². The maximum Gasteiger partial charge on any atom is 0.266 e. The van der Waals surface area contributed by atoms with Gasteiger partial charge >= 0.3 is 0 Å². The zero-order valence-electron chi connectivity index (χ0n) is 15.0. The summed E-state index contributed by atoms with van der Waals surface area (Å²) in [7, 11) is 0. The molecule has 1 atom stereocenters. The summed E-state index contributed by atoms with van der Waals surface area (Å²) in [6, 6.07) is 5.51. The number of pyridine rings is 1. The normalized spacial score (nSPS) is 15.3. The highest BCUT2D eigenvalue weighted by molar-refractivity contribution is 5.87. The van der Waals surface area contributed by atoms with Gasteiger partial charge in [0, 0.05) is 11.8 Å². The van der Waals surface area contributed by atoms with Crippen molar-refractivity contribution < 1.29 is 13.2 Å². The van der Waals surface area contributed by atoms with Gasteiger partial charge in [0.15, 0.2) is 5.65 Å². The lowest BCUT2D eigenvalue weighted by atomic mass is 10.0. The fourth-order valence-corrected chi connectivity index (χ4v) is 3.24. The number of rotatable bonds is 5. The molecule has 4 nitrogen and oxygen atoms in total. The van der Waals surface area contributed by atoms with Gasteiger partial charge in [0.05, 0.1) is 17.0 Å². The van der Waals surface area contributed by atoms with E-state index >= 15 is 0 Å². The molecule has 1 aliphatic carbocycles. The van der Waals surface area contributed by atoms with Crippen LogP contribution < -0.4 is 5.32 Å². The lowest BCUT2D eigenvalue weighted by molar-refractivity contribution is 0.146. The first kappa shape index (κ1) is 17.7. The van der Waals surface area contributed by atoms with Crippen LogP contribution in [0.15, 0.2) is 30.5 Å². The van der Waals surface area contributed by atoms with Crippen molar-refractivity contribution in [2.75, 3.05) is 5.32 Å². The topological polar surface area (TPSA) is 50.7 Å². The van der Waals surface area contributed by atoms with Crippen molar-refractivity contribution in [2.24, 2.45) is 0 Å². The molecule has 0 unspecified atom stereocenters. The molecule has 27 heavy (non-hydrogen) atoms. The SMILES string of the molecule is Cc1nc(N[C@H](C)c2cccc(C(F)F)c2F)c2cc(C3CC3)cnc2n1. The Morgan fingerprint density at radius 1 is 1.15 bits per heavy atom. The van der Waals surface area contributed by atoms with Gasteiger partial charge in [-0.05, 0) is 44.2 Å². The largest absolute Gasteiger partial charge is 0.363 e. The van der Waals surface area contributed by atoms with Crippen LogP contribution in [0.3, 0.4) is 0 Å². The van der Waals surface area contributed by atoms with E-state index in [1.165, 1.54) is 12.1 Å². The van der Waals surface area contributed by atoms with Crippen molar-refractivity contribution in [1.82, 2.24) is 15.0 Å². The van der Waals surface area contributed by atoms with E-state index in [0.29, 0.717) is 23.2 Å². The number of anilines is 1. The van der Waals surface area contributed by atoms with Crippen LogP contribution in [-0.2, 0) is 0 Å². The second kappa shape index (κ2) is 6.79. The molecule has 2 aromatic heterocycles. The van der Waals surface area contributed by atoms with E-state index in [2.05, 4.69) is 20.3 Å². The smallest absolute Gasteiger partial charge is 0.266 e. The number of aromatic nitrogens is 3. The van der Waals surface area contributed by atoms with Gasteiger partial charge in [-0.2, -0.15) is 0 Å². The minimum absolute atomic E-state index is 0.170. The van der Waals surface area contributed by atoms with Gasteiger partial charge in [0.1, 0.15) is 17.5 Å². The molecule has 0 bridgehead atoms.